The van der Waals surface area contributed by atoms with Gasteiger partial charge in [-0.15, -0.1) is 0 Å². The topological polar surface area (TPSA) is 47.6 Å². The van der Waals surface area contributed by atoms with Gasteiger partial charge in [-0.1, -0.05) is 42.5 Å². The highest BCUT2D eigenvalue weighted by molar-refractivity contribution is 5.86. The molecule has 0 aliphatic heterocycles. The molecule has 0 aliphatic rings. The van der Waals surface area contributed by atoms with Crippen LogP contribution in [0.5, 0.6) is 0 Å². The molecule has 2 aromatic carbocycles. The number of nitriles is 2. The van der Waals surface area contributed by atoms with Gasteiger partial charge in [-0.25, -0.2) is 0 Å². The first-order valence-corrected chi connectivity index (χ1v) is 4.63. The highest BCUT2D eigenvalue weighted by Crippen LogP contribution is 2.24. The van der Waals surface area contributed by atoms with Gasteiger partial charge in [0.2, 0.25) is 0 Å². The number of fused-ring (bicyclic) bond motifs is 1. The molecule has 0 saturated heterocycles. The van der Waals surface area contributed by atoms with Gasteiger partial charge in [0, 0.05) is 0 Å². The van der Waals surface area contributed by atoms with Crippen LogP contribution in [-0.2, 0) is 0 Å². The highest BCUT2D eigenvalue weighted by Gasteiger charge is 2.11. The van der Waals surface area contributed by atoms with Crippen molar-refractivity contribution in [2.45, 2.75) is 5.92 Å². The fourth-order valence-electron chi connectivity index (χ4n) is 1.67. The molecule has 0 fully saturated rings. The number of hydrogen-bond donors (Lipinski definition) is 0. The standard InChI is InChI=1S/C13H8N2/c14-8-11(9-15)13-7-3-5-10-4-1-2-6-12(10)13/h1-7,11H. The largest absolute Gasteiger partial charge is 0.196 e. The summed E-state index contributed by atoms with van der Waals surface area (Å²) < 4.78 is 0. The second-order valence-electron chi connectivity index (χ2n) is 3.26. The summed E-state index contributed by atoms with van der Waals surface area (Å²) in [7, 11) is 0. The Morgan fingerprint density at radius 3 is 2.27 bits per heavy atom. The Kier molecular flexibility index (Phi) is 2.35. The summed E-state index contributed by atoms with van der Waals surface area (Å²) in [6.07, 6.45) is 0. The molecule has 0 aromatic heterocycles. The Hall–Kier alpha value is -2.32. The maximum atomic E-state index is 8.87. The van der Waals surface area contributed by atoms with E-state index in [4.69, 9.17) is 10.5 Å². The minimum Gasteiger partial charge on any atom is -0.196 e. The fourth-order valence-corrected chi connectivity index (χ4v) is 1.67. The monoisotopic (exact) mass is 192 g/mol. The predicted octanol–water partition coefficient (Wildman–Crippen LogP) is 2.97. The molecule has 0 amide bonds. The van der Waals surface area contributed by atoms with Crippen LogP contribution in [0.3, 0.4) is 0 Å². The van der Waals surface area contributed by atoms with E-state index >= 15 is 0 Å². The van der Waals surface area contributed by atoms with Crippen LogP contribution in [0.15, 0.2) is 42.5 Å². The summed E-state index contributed by atoms with van der Waals surface area (Å²) in [5.41, 5.74) is 0.790. The maximum absolute atomic E-state index is 8.87. The zero-order chi connectivity index (χ0) is 10.7. The summed E-state index contributed by atoms with van der Waals surface area (Å²) >= 11 is 0. The van der Waals surface area contributed by atoms with Crippen molar-refractivity contribution in [2.75, 3.05) is 0 Å². The smallest absolute Gasteiger partial charge is 0.158 e. The number of benzene rings is 2. The molecule has 0 spiro atoms. The van der Waals surface area contributed by atoms with E-state index < -0.39 is 5.92 Å². The van der Waals surface area contributed by atoms with Gasteiger partial charge >= 0.3 is 0 Å². The van der Waals surface area contributed by atoms with Crippen LogP contribution in [0.2, 0.25) is 0 Å². The van der Waals surface area contributed by atoms with Gasteiger partial charge in [-0.2, -0.15) is 10.5 Å². The summed E-state index contributed by atoms with van der Waals surface area (Å²) in [4.78, 5) is 0. The SMILES string of the molecule is N#CC(C#N)c1cccc2ccccc12. The molecule has 2 aromatic rings. The highest BCUT2D eigenvalue weighted by atomic mass is 14.3. The molecule has 0 heterocycles. The van der Waals surface area contributed by atoms with Crippen LogP contribution >= 0.6 is 0 Å². The normalized spacial score (nSPS) is 9.80. The number of nitrogens with zero attached hydrogens (tertiary/aromatic N) is 2. The molecule has 70 valence electrons. The summed E-state index contributed by atoms with van der Waals surface area (Å²) in [5.74, 6) is -0.684. The first-order valence-electron chi connectivity index (χ1n) is 4.63. The molecule has 0 saturated carbocycles. The zero-order valence-corrected chi connectivity index (χ0v) is 8.01. The van der Waals surface area contributed by atoms with E-state index in [2.05, 4.69) is 0 Å². The minimum absolute atomic E-state index is 0.684. The molecule has 0 unspecified atom stereocenters. The second kappa shape index (κ2) is 3.82. The average Bonchev–Trinajstić information content (AvgIpc) is 2.31. The molecule has 0 radical (unpaired) electrons. The quantitative estimate of drug-likeness (QED) is 0.697. The van der Waals surface area contributed by atoms with Crippen molar-refractivity contribution in [3.05, 3.63) is 48.0 Å². The summed E-state index contributed by atoms with van der Waals surface area (Å²) in [6.45, 7) is 0. The Bertz CT molecular complexity index is 554. The third-order valence-corrected chi connectivity index (χ3v) is 2.39. The van der Waals surface area contributed by atoms with Crippen LogP contribution in [0, 0.1) is 22.7 Å². The van der Waals surface area contributed by atoms with Gasteiger partial charge in [-0.3, -0.25) is 0 Å². The zero-order valence-electron chi connectivity index (χ0n) is 8.01. The van der Waals surface area contributed by atoms with Gasteiger partial charge in [-0.05, 0) is 16.3 Å². The fraction of sp³-hybridized carbons (Fsp3) is 0.0769. The molecule has 0 atom stereocenters. The molecule has 0 bridgehead atoms. The number of hydrogen-bond acceptors (Lipinski definition) is 2. The number of rotatable bonds is 1. The average molecular weight is 192 g/mol. The molecule has 0 aliphatic carbocycles. The Balaban J connectivity index is 2.73. The molecule has 2 heteroatoms. The van der Waals surface area contributed by atoms with E-state index in [1.807, 2.05) is 54.6 Å². The third-order valence-electron chi connectivity index (χ3n) is 2.39. The molecular formula is C13H8N2. The first kappa shape index (κ1) is 9.24. The van der Waals surface area contributed by atoms with Crippen molar-refractivity contribution >= 4 is 10.8 Å². The van der Waals surface area contributed by atoms with Crippen LogP contribution in [0.4, 0.5) is 0 Å². The van der Waals surface area contributed by atoms with Crippen molar-refractivity contribution in [3.8, 4) is 12.1 Å². The van der Waals surface area contributed by atoms with Crippen LogP contribution in [0.1, 0.15) is 11.5 Å². The van der Waals surface area contributed by atoms with E-state index in [-0.39, 0.29) is 0 Å². The second-order valence-corrected chi connectivity index (χ2v) is 3.26. The Labute approximate surface area is 88.0 Å². The third kappa shape index (κ3) is 1.54. The molecule has 15 heavy (non-hydrogen) atoms. The van der Waals surface area contributed by atoms with Gasteiger partial charge in [0.25, 0.3) is 0 Å². The van der Waals surface area contributed by atoms with E-state index in [1.54, 1.807) is 0 Å². The van der Waals surface area contributed by atoms with Crippen LogP contribution < -0.4 is 0 Å². The van der Waals surface area contributed by atoms with Crippen molar-refractivity contribution in [3.63, 3.8) is 0 Å². The Morgan fingerprint density at radius 1 is 0.867 bits per heavy atom. The van der Waals surface area contributed by atoms with Crippen molar-refractivity contribution in [1.29, 1.82) is 10.5 Å². The molecule has 2 nitrogen and oxygen atoms in total. The van der Waals surface area contributed by atoms with Gasteiger partial charge in [0.1, 0.15) is 0 Å². The van der Waals surface area contributed by atoms with E-state index in [1.165, 1.54) is 0 Å². The van der Waals surface area contributed by atoms with Crippen LogP contribution in [0.25, 0.3) is 10.8 Å². The van der Waals surface area contributed by atoms with Crippen molar-refractivity contribution < 1.29 is 0 Å². The van der Waals surface area contributed by atoms with Gasteiger partial charge < -0.3 is 0 Å². The first-order chi connectivity index (χ1) is 7.36. The minimum atomic E-state index is -0.684. The lowest BCUT2D eigenvalue weighted by Gasteiger charge is -2.05. The summed E-state index contributed by atoms with van der Waals surface area (Å²) in [6, 6.07) is 17.5. The van der Waals surface area contributed by atoms with Crippen molar-refractivity contribution in [1.82, 2.24) is 0 Å². The molecule has 0 N–H and O–H groups in total. The van der Waals surface area contributed by atoms with Gasteiger partial charge in [0.15, 0.2) is 5.92 Å². The maximum Gasteiger partial charge on any atom is 0.158 e. The molecule has 2 rings (SSSR count). The molecular weight excluding hydrogens is 184 g/mol. The lowest BCUT2D eigenvalue weighted by Crippen LogP contribution is -1.92. The van der Waals surface area contributed by atoms with E-state index in [0.29, 0.717) is 0 Å². The lowest BCUT2D eigenvalue weighted by molar-refractivity contribution is 1.12. The van der Waals surface area contributed by atoms with Gasteiger partial charge in [0.05, 0.1) is 12.1 Å². The summed E-state index contributed by atoms with van der Waals surface area (Å²) in [5, 5.41) is 19.8. The van der Waals surface area contributed by atoms with Crippen LogP contribution in [-0.4, -0.2) is 0 Å². The van der Waals surface area contributed by atoms with Crippen molar-refractivity contribution in [2.24, 2.45) is 0 Å². The van der Waals surface area contributed by atoms with E-state index in [0.717, 1.165) is 16.3 Å². The predicted molar refractivity (Wildman–Crippen MR) is 57.9 cm³/mol. The Morgan fingerprint density at radius 2 is 1.53 bits per heavy atom. The van der Waals surface area contributed by atoms with E-state index in [9.17, 15) is 0 Å². The lowest BCUT2D eigenvalue weighted by atomic mass is 9.95.